The standard InChI is InChI=1S/C12H15N3O4S/c1-7(16)13-8-2-4-15(5-3-8)11(17)10-14-9(6-20-10)12(18)19/h6,8H,2-5H2,1H3,(H,13,16)(H,18,19). The lowest BCUT2D eigenvalue weighted by Crippen LogP contribution is -2.46. The number of hydrogen-bond acceptors (Lipinski definition) is 5. The monoisotopic (exact) mass is 297 g/mol. The summed E-state index contributed by atoms with van der Waals surface area (Å²) < 4.78 is 0. The van der Waals surface area contributed by atoms with Crippen LogP contribution in [0.25, 0.3) is 0 Å². The maximum Gasteiger partial charge on any atom is 0.355 e. The van der Waals surface area contributed by atoms with Crippen molar-refractivity contribution in [3.05, 3.63) is 16.1 Å². The molecule has 1 aliphatic heterocycles. The number of piperidine rings is 1. The van der Waals surface area contributed by atoms with E-state index in [1.165, 1.54) is 12.3 Å². The molecule has 0 aliphatic carbocycles. The minimum atomic E-state index is -1.13. The summed E-state index contributed by atoms with van der Waals surface area (Å²) in [5.74, 6) is -1.45. The van der Waals surface area contributed by atoms with Gasteiger partial charge in [-0.2, -0.15) is 0 Å². The molecule has 1 aromatic heterocycles. The van der Waals surface area contributed by atoms with Gasteiger partial charge in [-0.05, 0) is 12.8 Å². The van der Waals surface area contributed by atoms with E-state index in [1.54, 1.807) is 4.90 Å². The van der Waals surface area contributed by atoms with Gasteiger partial charge < -0.3 is 15.3 Å². The van der Waals surface area contributed by atoms with E-state index in [0.29, 0.717) is 25.9 Å². The zero-order chi connectivity index (χ0) is 14.7. The van der Waals surface area contributed by atoms with Gasteiger partial charge in [-0.1, -0.05) is 0 Å². The van der Waals surface area contributed by atoms with E-state index in [9.17, 15) is 14.4 Å². The number of aromatic nitrogens is 1. The SMILES string of the molecule is CC(=O)NC1CCN(C(=O)c2nc(C(=O)O)cs2)CC1. The number of aromatic carboxylic acids is 1. The topological polar surface area (TPSA) is 99.6 Å². The van der Waals surface area contributed by atoms with Gasteiger partial charge in [0.1, 0.15) is 0 Å². The Balaban J connectivity index is 1.94. The zero-order valence-corrected chi connectivity index (χ0v) is 11.8. The molecule has 0 saturated carbocycles. The van der Waals surface area contributed by atoms with Gasteiger partial charge in [0.15, 0.2) is 10.7 Å². The van der Waals surface area contributed by atoms with Crippen LogP contribution in [0.15, 0.2) is 5.38 Å². The summed E-state index contributed by atoms with van der Waals surface area (Å²) in [7, 11) is 0. The summed E-state index contributed by atoms with van der Waals surface area (Å²) in [6, 6.07) is 0.0995. The number of likely N-dealkylation sites (tertiary alicyclic amines) is 1. The second-order valence-electron chi connectivity index (χ2n) is 4.61. The third-order valence-corrected chi connectivity index (χ3v) is 3.93. The largest absolute Gasteiger partial charge is 0.476 e. The number of hydrogen-bond donors (Lipinski definition) is 2. The molecule has 8 heteroatoms. The second-order valence-corrected chi connectivity index (χ2v) is 5.47. The van der Waals surface area contributed by atoms with Crippen molar-refractivity contribution in [2.24, 2.45) is 0 Å². The molecular weight excluding hydrogens is 282 g/mol. The number of amides is 2. The minimum absolute atomic E-state index is 0.0687. The van der Waals surface area contributed by atoms with Crippen molar-refractivity contribution in [3.8, 4) is 0 Å². The Morgan fingerprint density at radius 1 is 1.40 bits per heavy atom. The lowest BCUT2D eigenvalue weighted by atomic mass is 10.1. The van der Waals surface area contributed by atoms with Gasteiger partial charge >= 0.3 is 5.97 Å². The van der Waals surface area contributed by atoms with E-state index < -0.39 is 5.97 Å². The van der Waals surface area contributed by atoms with Crippen LogP contribution in [0.3, 0.4) is 0 Å². The van der Waals surface area contributed by atoms with E-state index >= 15 is 0 Å². The fraction of sp³-hybridized carbons (Fsp3) is 0.500. The Morgan fingerprint density at radius 3 is 2.55 bits per heavy atom. The summed E-state index contributed by atoms with van der Waals surface area (Å²) in [5, 5.41) is 13.2. The molecule has 2 heterocycles. The molecular formula is C12H15N3O4S. The van der Waals surface area contributed by atoms with Crippen LogP contribution in [0, 0.1) is 0 Å². The molecule has 2 rings (SSSR count). The van der Waals surface area contributed by atoms with E-state index in [-0.39, 0.29) is 28.6 Å². The van der Waals surface area contributed by atoms with Crippen LogP contribution in [0.5, 0.6) is 0 Å². The first-order valence-corrected chi connectivity index (χ1v) is 7.10. The molecule has 0 radical (unpaired) electrons. The molecule has 108 valence electrons. The lowest BCUT2D eigenvalue weighted by molar-refractivity contribution is -0.119. The molecule has 0 unspecified atom stereocenters. The normalized spacial score (nSPS) is 15.9. The highest BCUT2D eigenvalue weighted by molar-refractivity contribution is 7.11. The Morgan fingerprint density at radius 2 is 2.05 bits per heavy atom. The summed E-state index contributed by atoms with van der Waals surface area (Å²) in [6.07, 6.45) is 1.39. The summed E-state index contributed by atoms with van der Waals surface area (Å²) in [4.78, 5) is 39.3. The van der Waals surface area contributed by atoms with E-state index in [4.69, 9.17) is 5.11 Å². The number of carbonyl (C=O) groups excluding carboxylic acids is 2. The van der Waals surface area contributed by atoms with Gasteiger partial charge in [0.25, 0.3) is 5.91 Å². The number of nitrogens with zero attached hydrogens (tertiary/aromatic N) is 2. The van der Waals surface area contributed by atoms with Gasteiger partial charge in [0.2, 0.25) is 5.91 Å². The number of carboxylic acid groups (broad SMARTS) is 1. The highest BCUT2D eigenvalue weighted by Crippen LogP contribution is 2.17. The Labute approximate surface area is 119 Å². The number of rotatable bonds is 3. The van der Waals surface area contributed by atoms with Crippen molar-refractivity contribution in [1.29, 1.82) is 0 Å². The fourth-order valence-electron chi connectivity index (χ4n) is 2.12. The third-order valence-electron chi connectivity index (χ3n) is 3.10. The average molecular weight is 297 g/mol. The van der Waals surface area contributed by atoms with Gasteiger partial charge in [0, 0.05) is 31.4 Å². The number of nitrogens with one attached hydrogen (secondary N) is 1. The first-order valence-electron chi connectivity index (χ1n) is 6.22. The number of thiazole rings is 1. The molecule has 1 fully saturated rings. The van der Waals surface area contributed by atoms with E-state index in [0.717, 1.165) is 11.3 Å². The van der Waals surface area contributed by atoms with Crippen molar-refractivity contribution in [2.75, 3.05) is 13.1 Å². The molecule has 0 spiro atoms. The number of carboxylic acids is 1. The maximum atomic E-state index is 12.2. The van der Waals surface area contributed by atoms with Gasteiger partial charge in [-0.3, -0.25) is 9.59 Å². The molecule has 2 amide bonds. The molecule has 1 saturated heterocycles. The lowest BCUT2D eigenvalue weighted by Gasteiger charge is -2.31. The van der Waals surface area contributed by atoms with Gasteiger partial charge in [0.05, 0.1) is 0 Å². The first kappa shape index (κ1) is 14.4. The van der Waals surface area contributed by atoms with E-state index in [1.807, 2.05) is 0 Å². The van der Waals surface area contributed by atoms with Crippen molar-refractivity contribution in [1.82, 2.24) is 15.2 Å². The third kappa shape index (κ3) is 3.32. The maximum absolute atomic E-state index is 12.2. The van der Waals surface area contributed by atoms with Crippen LogP contribution in [-0.2, 0) is 4.79 Å². The summed E-state index contributed by atoms with van der Waals surface area (Å²) in [5.41, 5.74) is -0.105. The zero-order valence-electron chi connectivity index (χ0n) is 11.0. The van der Waals surface area contributed by atoms with Crippen LogP contribution in [0.2, 0.25) is 0 Å². The van der Waals surface area contributed by atoms with Crippen LogP contribution >= 0.6 is 11.3 Å². The molecule has 0 aromatic carbocycles. The van der Waals surface area contributed by atoms with Gasteiger partial charge in [-0.25, -0.2) is 9.78 Å². The van der Waals surface area contributed by atoms with Crippen molar-refractivity contribution in [2.45, 2.75) is 25.8 Å². The van der Waals surface area contributed by atoms with Crippen LogP contribution in [-0.4, -0.2) is 51.9 Å². The molecule has 2 N–H and O–H groups in total. The molecule has 0 atom stereocenters. The highest BCUT2D eigenvalue weighted by Gasteiger charge is 2.26. The minimum Gasteiger partial charge on any atom is -0.476 e. The smallest absolute Gasteiger partial charge is 0.355 e. The van der Waals surface area contributed by atoms with Crippen LogP contribution in [0.1, 0.15) is 40.1 Å². The van der Waals surface area contributed by atoms with Crippen LogP contribution in [0.4, 0.5) is 0 Å². The van der Waals surface area contributed by atoms with Gasteiger partial charge in [-0.15, -0.1) is 11.3 Å². The molecule has 7 nitrogen and oxygen atoms in total. The number of carbonyl (C=O) groups is 3. The van der Waals surface area contributed by atoms with Crippen molar-refractivity contribution < 1.29 is 19.5 Å². The Hall–Kier alpha value is -1.96. The molecule has 1 aliphatic rings. The highest BCUT2D eigenvalue weighted by atomic mass is 32.1. The van der Waals surface area contributed by atoms with Crippen molar-refractivity contribution in [3.63, 3.8) is 0 Å². The Bertz CT molecular complexity index is 535. The first-order chi connectivity index (χ1) is 9.47. The predicted octanol–water partition coefficient (Wildman–Crippen LogP) is 0.582. The summed E-state index contributed by atoms with van der Waals surface area (Å²) >= 11 is 1.04. The quantitative estimate of drug-likeness (QED) is 0.850. The average Bonchev–Trinajstić information content (AvgIpc) is 2.88. The molecule has 0 bridgehead atoms. The fourth-order valence-corrected chi connectivity index (χ4v) is 2.88. The molecule has 1 aromatic rings. The van der Waals surface area contributed by atoms with Crippen molar-refractivity contribution >= 4 is 29.1 Å². The van der Waals surface area contributed by atoms with E-state index in [2.05, 4.69) is 10.3 Å². The second kappa shape index (κ2) is 6.00. The van der Waals surface area contributed by atoms with Crippen LogP contribution < -0.4 is 5.32 Å². The summed E-state index contributed by atoms with van der Waals surface area (Å²) in [6.45, 7) is 2.54. The molecule has 20 heavy (non-hydrogen) atoms. The predicted molar refractivity (Wildman–Crippen MR) is 71.8 cm³/mol. The Kier molecular flexibility index (Phi) is 4.33.